The molecule has 1 aliphatic rings. The van der Waals surface area contributed by atoms with Crippen LogP contribution in [0.4, 0.5) is 0 Å². The standard InChI is InChI=1S/C14H18BrN3O2S/c1-14(2,3)17-21(19,20)10-6-11(15)13-12(7-10)16-8-18(13)9-4-5-9/h6-9,17H,4-5H2,1-3H3. The molecule has 7 heteroatoms. The molecule has 0 spiro atoms. The van der Waals surface area contributed by atoms with Crippen molar-refractivity contribution in [1.29, 1.82) is 0 Å². The first kappa shape index (κ1) is 15.0. The van der Waals surface area contributed by atoms with Crippen molar-refractivity contribution in [1.82, 2.24) is 14.3 Å². The molecule has 0 atom stereocenters. The summed E-state index contributed by atoms with van der Waals surface area (Å²) >= 11 is 3.49. The van der Waals surface area contributed by atoms with Gasteiger partial charge < -0.3 is 4.57 Å². The molecule has 114 valence electrons. The quantitative estimate of drug-likeness (QED) is 0.900. The molecule has 0 amide bonds. The second-order valence-corrected chi connectivity index (χ2v) is 9.05. The number of sulfonamides is 1. The van der Waals surface area contributed by atoms with E-state index in [4.69, 9.17) is 0 Å². The van der Waals surface area contributed by atoms with E-state index in [9.17, 15) is 8.42 Å². The molecule has 1 aromatic heterocycles. The highest BCUT2D eigenvalue weighted by Crippen LogP contribution is 2.39. The van der Waals surface area contributed by atoms with Gasteiger partial charge in [0.2, 0.25) is 10.0 Å². The van der Waals surface area contributed by atoms with Crippen LogP contribution in [0.2, 0.25) is 0 Å². The topological polar surface area (TPSA) is 64.0 Å². The van der Waals surface area contributed by atoms with E-state index >= 15 is 0 Å². The van der Waals surface area contributed by atoms with Gasteiger partial charge in [0.25, 0.3) is 0 Å². The number of hydrogen-bond donors (Lipinski definition) is 1. The average molecular weight is 372 g/mol. The molecule has 5 nitrogen and oxygen atoms in total. The Hall–Kier alpha value is -0.920. The van der Waals surface area contributed by atoms with Crippen LogP contribution in [-0.4, -0.2) is 23.5 Å². The Morgan fingerprint density at radius 3 is 2.57 bits per heavy atom. The van der Waals surface area contributed by atoms with Gasteiger partial charge in [-0.05, 0) is 61.7 Å². The van der Waals surface area contributed by atoms with Crippen LogP contribution in [0.15, 0.2) is 27.8 Å². The van der Waals surface area contributed by atoms with E-state index < -0.39 is 15.6 Å². The number of halogens is 1. The molecule has 1 heterocycles. The third-order valence-corrected chi connectivity index (χ3v) is 5.63. The molecular weight excluding hydrogens is 354 g/mol. The summed E-state index contributed by atoms with van der Waals surface area (Å²) in [4.78, 5) is 4.59. The van der Waals surface area contributed by atoms with E-state index in [0.717, 1.165) is 22.8 Å². The minimum absolute atomic E-state index is 0.234. The first-order chi connectivity index (χ1) is 9.67. The van der Waals surface area contributed by atoms with Gasteiger partial charge in [0.05, 0.1) is 22.3 Å². The summed E-state index contributed by atoms with van der Waals surface area (Å²) in [6.45, 7) is 5.46. The molecule has 1 aromatic carbocycles. The summed E-state index contributed by atoms with van der Waals surface area (Å²) in [7, 11) is -3.56. The lowest BCUT2D eigenvalue weighted by molar-refractivity contribution is 0.491. The zero-order valence-electron chi connectivity index (χ0n) is 12.2. The first-order valence-corrected chi connectivity index (χ1v) is 9.15. The zero-order valence-corrected chi connectivity index (χ0v) is 14.6. The summed E-state index contributed by atoms with van der Waals surface area (Å²) in [5.74, 6) is 0. The third kappa shape index (κ3) is 3.00. The maximum absolute atomic E-state index is 12.4. The lowest BCUT2D eigenvalue weighted by atomic mass is 10.1. The number of rotatable bonds is 3. The summed E-state index contributed by atoms with van der Waals surface area (Å²) in [6.07, 6.45) is 4.10. The van der Waals surface area contributed by atoms with E-state index in [1.54, 1.807) is 18.5 Å². The van der Waals surface area contributed by atoms with Crippen LogP contribution in [0.25, 0.3) is 11.0 Å². The number of hydrogen-bond acceptors (Lipinski definition) is 3. The zero-order chi connectivity index (χ0) is 15.4. The lowest BCUT2D eigenvalue weighted by Gasteiger charge is -2.20. The average Bonchev–Trinajstić information content (AvgIpc) is 3.06. The van der Waals surface area contributed by atoms with Crippen molar-refractivity contribution < 1.29 is 8.42 Å². The summed E-state index contributed by atoms with van der Waals surface area (Å²) in [5, 5.41) is 0. The molecule has 1 N–H and O–H groups in total. The Bertz CT molecular complexity index is 801. The number of benzene rings is 1. The van der Waals surface area contributed by atoms with E-state index in [2.05, 4.69) is 30.2 Å². The number of nitrogens with zero attached hydrogens (tertiary/aromatic N) is 2. The van der Waals surface area contributed by atoms with Crippen LogP contribution in [0.1, 0.15) is 39.7 Å². The van der Waals surface area contributed by atoms with Crippen molar-refractivity contribution in [2.75, 3.05) is 0 Å². The van der Waals surface area contributed by atoms with Gasteiger partial charge in [0.15, 0.2) is 0 Å². The van der Waals surface area contributed by atoms with E-state index in [1.165, 1.54) is 0 Å². The minimum Gasteiger partial charge on any atom is -0.327 e. The van der Waals surface area contributed by atoms with Crippen molar-refractivity contribution in [3.63, 3.8) is 0 Å². The van der Waals surface area contributed by atoms with Gasteiger partial charge in [0, 0.05) is 16.1 Å². The van der Waals surface area contributed by atoms with Crippen LogP contribution in [-0.2, 0) is 10.0 Å². The summed E-state index contributed by atoms with van der Waals surface area (Å²) in [5.41, 5.74) is 1.14. The Balaban J connectivity index is 2.09. The van der Waals surface area contributed by atoms with Gasteiger partial charge in [-0.3, -0.25) is 0 Å². The highest BCUT2D eigenvalue weighted by Gasteiger charge is 2.28. The van der Waals surface area contributed by atoms with Crippen molar-refractivity contribution in [2.45, 2.75) is 50.1 Å². The van der Waals surface area contributed by atoms with E-state index in [-0.39, 0.29) is 4.90 Å². The summed E-state index contributed by atoms with van der Waals surface area (Å²) < 4.78 is 30.4. The fourth-order valence-electron chi connectivity index (χ4n) is 2.34. The second kappa shape index (κ2) is 4.79. The van der Waals surface area contributed by atoms with Crippen molar-refractivity contribution in [2.24, 2.45) is 0 Å². The monoisotopic (exact) mass is 371 g/mol. The number of imidazole rings is 1. The van der Waals surface area contributed by atoms with Gasteiger partial charge in [-0.25, -0.2) is 18.1 Å². The highest BCUT2D eigenvalue weighted by atomic mass is 79.9. The first-order valence-electron chi connectivity index (χ1n) is 6.87. The Labute approximate surface area is 132 Å². The fraction of sp³-hybridized carbons (Fsp3) is 0.500. The molecule has 0 aliphatic heterocycles. The Kier molecular flexibility index (Phi) is 3.42. The maximum atomic E-state index is 12.4. The normalized spacial score (nSPS) is 16.6. The van der Waals surface area contributed by atoms with Gasteiger partial charge in [-0.2, -0.15) is 0 Å². The second-order valence-electron chi connectivity index (χ2n) is 6.51. The Morgan fingerprint density at radius 1 is 1.33 bits per heavy atom. The van der Waals surface area contributed by atoms with Crippen LogP contribution < -0.4 is 4.72 Å². The molecule has 0 saturated heterocycles. The molecule has 21 heavy (non-hydrogen) atoms. The molecule has 3 rings (SSSR count). The van der Waals surface area contributed by atoms with Crippen molar-refractivity contribution in [3.05, 3.63) is 22.9 Å². The number of nitrogens with one attached hydrogen (secondary N) is 1. The molecular formula is C14H18BrN3O2S. The van der Waals surface area contributed by atoms with Gasteiger partial charge >= 0.3 is 0 Å². The van der Waals surface area contributed by atoms with Crippen LogP contribution in [0.3, 0.4) is 0 Å². The Morgan fingerprint density at radius 2 is 2.00 bits per heavy atom. The highest BCUT2D eigenvalue weighted by molar-refractivity contribution is 9.10. The smallest absolute Gasteiger partial charge is 0.241 e. The summed E-state index contributed by atoms with van der Waals surface area (Å²) in [6, 6.07) is 3.78. The number of fused-ring (bicyclic) bond motifs is 1. The molecule has 1 fully saturated rings. The molecule has 2 aromatic rings. The largest absolute Gasteiger partial charge is 0.327 e. The van der Waals surface area contributed by atoms with E-state index in [0.29, 0.717) is 11.6 Å². The van der Waals surface area contributed by atoms with Crippen molar-refractivity contribution >= 4 is 37.0 Å². The van der Waals surface area contributed by atoms with Gasteiger partial charge in [0.1, 0.15) is 0 Å². The minimum atomic E-state index is -3.56. The van der Waals surface area contributed by atoms with Crippen molar-refractivity contribution in [3.8, 4) is 0 Å². The van der Waals surface area contributed by atoms with E-state index in [1.807, 2.05) is 20.8 Å². The predicted molar refractivity (Wildman–Crippen MR) is 85.8 cm³/mol. The van der Waals surface area contributed by atoms with Gasteiger partial charge in [-0.15, -0.1) is 0 Å². The SMILES string of the molecule is CC(C)(C)NS(=O)(=O)c1cc(Br)c2c(c1)ncn2C1CC1. The fourth-order valence-corrected chi connectivity index (χ4v) is 4.61. The number of aromatic nitrogens is 2. The molecule has 0 bridgehead atoms. The van der Waals surface area contributed by atoms with Crippen LogP contribution in [0, 0.1) is 0 Å². The molecule has 0 unspecified atom stereocenters. The maximum Gasteiger partial charge on any atom is 0.241 e. The van der Waals surface area contributed by atoms with Crippen LogP contribution in [0.5, 0.6) is 0 Å². The van der Waals surface area contributed by atoms with Crippen LogP contribution >= 0.6 is 15.9 Å². The predicted octanol–water partition coefficient (Wildman–Crippen LogP) is 3.21. The molecule has 0 radical (unpaired) electrons. The molecule has 1 aliphatic carbocycles. The van der Waals surface area contributed by atoms with Gasteiger partial charge in [-0.1, -0.05) is 0 Å². The lowest BCUT2D eigenvalue weighted by Crippen LogP contribution is -2.40. The third-order valence-electron chi connectivity index (χ3n) is 3.29. The molecule has 1 saturated carbocycles.